The average molecular weight is 412 g/mol. The number of rotatable bonds is 4. The monoisotopic (exact) mass is 412 g/mol. The number of aromatic nitrogens is 4. The van der Waals surface area contributed by atoms with E-state index in [2.05, 4.69) is 93.4 Å². The second-order valence-corrected chi connectivity index (χ2v) is 7.64. The molecule has 6 rings (SSSR count). The summed E-state index contributed by atoms with van der Waals surface area (Å²) in [4.78, 5) is 13.1. The highest BCUT2D eigenvalue weighted by atomic mass is 15.2. The van der Waals surface area contributed by atoms with Crippen molar-refractivity contribution in [2.75, 3.05) is 0 Å². The molecule has 0 spiro atoms. The van der Waals surface area contributed by atoms with Crippen molar-refractivity contribution in [2.45, 2.75) is 0 Å². The van der Waals surface area contributed by atoms with Crippen molar-refractivity contribution in [1.82, 2.24) is 19.5 Å². The molecule has 0 atom stereocenters. The van der Waals surface area contributed by atoms with Gasteiger partial charge < -0.3 is 4.98 Å². The molecule has 0 aliphatic carbocycles. The molecule has 0 fully saturated rings. The van der Waals surface area contributed by atoms with Crippen LogP contribution in [-0.4, -0.2) is 19.5 Å². The summed E-state index contributed by atoms with van der Waals surface area (Å²) >= 11 is 0. The standard InChI is InChI=1S/C28H20N4/c1-3-11-21(12-4-1)25-26(22-13-5-2-6-14-22)32(28-29-18-19-30-28)27(31-25)24-17-9-15-20-10-7-8-16-23(20)24/h1-19H,(H,29,30). The van der Waals surface area contributed by atoms with Crippen LogP contribution in [0.3, 0.4) is 0 Å². The normalized spacial score (nSPS) is 11.1. The molecule has 4 heteroatoms. The van der Waals surface area contributed by atoms with Gasteiger partial charge in [0.2, 0.25) is 5.95 Å². The lowest BCUT2D eigenvalue weighted by atomic mass is 10.0. The van der Waals surface area contributed by atoms with E-state index in [1.807, 2.05) is 30.5 Å². The van der Waals surface area contributed by atoms with Gasteiger partial charge >= 0.3 is 0 Å². The number of fused-ring (bicyclic) bond motifs is 1. The first-order valence-electron chi connectivity index (χ1n) is 10.6. The van der Waals surface area contributed by atoms with Crippen LogP contribution in [0.5, 0.6) is 0 Å². The number of aromatic amines is 1. The van der Waals surface area contributed by atoms with Crippen LogP contribution in [0.25, 0.3) is 50.6 Å². The van der Waals surface area contributed by atoms with Gasteiger partial charge in [0.1, 0.15) is 5.82 Å². The van der Waals surface area contributed by atoms with E-state index in [-0.39, 0.29) is 0 Å². The van der Waals surface area contributed by atoms with Gasteiger partial charge in [-0.15, -0.1) is 0 Å². The Bertz CT molecular complexity index is 1490. The third kappa shape index (κ3) is 3.01. The summed E-state index contributed by atoms with van der Waals surface area (Å²) in [6.45, 7) is 0. The lowest BCUT2D eigenvalue weighted by Gasteiger charge is -2.12. The number of nitrogens with zero attached hydrogens (tertiary/aromatic N) is 3. The van der Waals surface area contributed by atoms with E-state index < -0.39 is 0 Å². The molecule has 0 unspecified atom stereocenters. The summed E-state index contributed by atoms with van der Waals surface area (Å²) in [5, 5.41) is 2.34. The van der Waals surface area contributed by atoms with Crippen molar-refractivity contribution >= 4 is 10.8 Å². The van der Waals surface area contributed by atoms with E-state index in [9.17, 15) is 0 Å². The Kier molecular flexibility index (Phi) is 4.40. The zero-order valence-electron chi connectivity index (χ0n) is 17.3. The van der Waals surface area contributed by atoms with E-state index in [4.69, 9.17) is 4.98 Å². The van der Waals surface area contributed by atoms with Gasteiger partial charge in [-0.2, -0.15) is 0 Å². The van der Waals surface area contributed by atoms with Crippen molar-refractivity contribution in [3.63, 3.8) is 0 Å². The molecule has 1 N–H and O–H groups in total. The molecule has 0 amide bonds. The van der Waals surface area contributed by atoms with Gasteiger partial charge in [-0.3, -0.25) is 4.57 Å². The number of imidazole rings is 2. The molecule has 0 radical (unpaired) electrons. The molecule has 0 aliphatic rings. The first-order valence-corrected chi connectivity index (χ1v) is 10.6. The second kappa shape index (κ2) is 7.67. The molecule has 4 aromatic carbocycles. The predicted octanol–water partition coefficient (Wildman–Crippen LogP) is 6.75. The van der Waals surface area contributed by atoms with Gasteiger partial charge in [0.15, 0.2) is 0 Å². The van der Waals surface area contributed by atoms with Crippen LogP contribution in [0.1, 0.15) is 0 Å². The zero-order chi connectivity index (χ0) is 21.3. The van der Waals surface area contributed by atoms with Crippen LogP contribution in [-0.2, 0) is 0 Å². The summed E-state index contributed by atoms with van der Waals surface area (Å²) in [6.07, 6.45) is 3.62. The highest BCUT2D eigenvalue weighted by molar-refractivity contribution is 5.97. The fraction of sp³-hybridized carbons (Fsp3) is 0. The quantitative estimate of drug-likeness (QED) is 0.348. The van der Waals surface area contributed by atoms with Crippen LogP contribution in [0.2, 0.25) is 0 Å². The van der Waals surface area contributed by atoms with E-state index in [0.29, 0.717) is 0 Å². The topological polar surface area (TPSA) is 46.5 Å². The van der Waals surface area contributed by atoms with Gasteiger partial charge in [-0.05, 0) is 10.8 Å². The lowest BCUT2D eigenvalue weighted by molar-refractivity contribution is 0.977. The summed E-state index contributed by atoms with van der Waals surface area (Å²) in [6, 6.07) is 35.5. The first-order chi connectivity index (χ1) is 15.9. The minimum Gasteiger partial charge on any atom is -0.330 e. The number of benzene rings is 4. The summed E-state index contributed by atoms with van der Waals surface area (Å²) in [5.41, 5.74) is 5.16. The molecule has 6 aromatic rings. The van der Waals surface area contributed by atoms with Crippen LogP contribution in [0.15, 0.2) is 116 Å². The van der Waals surface area contributed by atoms with Crippen molar-refractivity contribution < 1.29 is 0 Å². The average Bonchev–Trinajstić information content (AvgIpc) is 3.53. The third-order valence-corrected chi connectivity index (χ3v) is 5.70. The third-order valence-electron chi connectivity index (χ3n) is 5.70. The highest BCUT2D eigenvalue weighted by Crippen LogP contribution is 2.39. The minimum atomic E-state index is 0.737. The van der Waals surface area contributed by atoms with E-state index in [1.54, 1.807) is 6.20 Å². The Morgan fingerprint density at radius 1 is 0.656 bits per heavy atom. The molecule has 0 bridgehead atoms. The number of hydrogen-bond donors (Lipinski definition) is 1. The van der Waals surface area contributed by atoms with Gasteiger partial charge in [-0.25, -0.2) is 9.97 Å². The largest absolute Gasteiger partial charge is 0.330 e. The fourth-order valence-corrected chi connectivity index (χ4v) is 4.27. The molecule has 152 valence electrons. The van der Waals surface area contributed by atoms with Crippen LogP contribution < -0.4 is 0 Å². The molecular formula is C28H20N4. The SMILES string of the molecule is c1ccc(-c2nc(-c3cccc4ccccc34)n(-c3ncc[nH]3)c2-c2ccccc2)cc1. The lowest BCUT2D eigenvalue weighted by Crippen LogP contribution is -2.02. The molecule has 2 aromatic heterocycles. The maximum absolute atomic E-state index is 5.24. The molecule has 0 saturated heterocycles. The van der Waals surface area contributed by atoms with E-state index in [0.717, 1.165) is 45.2 Å². The number of nitrogens with one attached hydrogen (secondary N) is 1. The molecule has 0 aliphatic heterocycles. The van der Waals surface area contributed by atoms with Gasteiger partial charge in [0, 0.05) is 29.1 Å². The van der Waals surface area contributed by atoms with Crippen molar-refractivity contribution in [2.24, 2.45) is 0 Å². The Labute approximate surface area is 185 Å². The van der Waals surface area contributed by atoms with Crippen molar-refractivity contribution in [1.29, 1.82) is 0 Å². The van der Waals surface area contributed by atoms with Crippen LogP contribution in [0, 0.1) is 0 Å². The molecular weight excluding hydrogens is 392 g/mol. The Hall–Kier alpha value is -4.44. The fourth-order valence-electron chi connectivity index (χ4n) is 4.27. The van der Waals surface area contributed by atoms with Gasteiger partial charge in [-0.1, -0.05) is 103 Å². The second-order valence-electron chi connectivity index (χ2n) is 7.64. The maximum Gasteiger partial charge on any atom is 0.213 e. The number of H-pyrrole nitrogens is 1. The minimum absolute atomic E-state index is 0.737. The van der Waals surface area contributed by atoms with E-state index in [1.165, 1.54) is 5.39 Å². The Morgan fingerprint density at radius 3 is 2.09 bits per heavy atom. The first kappa shape index (κ1) is 18.3. The molecule has 0 saturated carbocycles. The molecule has 2 heterocycles. The molecule has 4 nitrogen and oxygen atoms in total. The Morgan fingerprint density at radius 2 is 1.34 bits per heavy atom. The van der Waals surface area contributed by atoms with Crippen molar-refractivity contribution in [3.05, 3.63) is 116 Å². The van der Waals surface area contributed by atoms with Crippen LogP contribution >= 0.6 is 0 Å². The molecule has 32 heavy (non-hydrogen) atoms. The predicted molar refractivity (Wildman–Crippen MR) is 130 cm³/mol. The highest BCUT2D eigenvalue weighted by Gasteiger charge is 2.24. The summed E-state index contributed by atoms with van der Waals surface area (Å²) in [7, 11) is 0. The van der Waals surface area contributed by atoms with Crippen molar-refractivity contribution in [3.8, 4) is 39.9 Å². The van der Waals surface area contributed by atoms with Gasteiger partial charge in [0.05, 0.1) is 11.4 Å². The van der Waals surface area contributed by atoms with Gasteiger partial charge in [0.25, 0.3) is 0 Å². The smallest absolute Gasteiger partial charge is 0.213 e. The van der Waals surface area contributed by atoms with E-state index >= 15 is 0 Å². The Balaban J connectivity index is 1.75. The maximum atomic E-state index is 5.24. The number of hydrogen-bond acceptors (Lipinski definition) is 2. The summed E-state index contributed by atoms with van der Waals surface area (Å²) < 4.78 is 2.14. The zero-order valence-corrected chi connectivity index (χ0v) is 17.3. The van der Waals surface area contributed by atoms with Crippen LogP contribution in [0.4, 0.5) is 0 Å². The summed E-state index contributed by atoms with van der Waals surface area (Å²) in [5.74, 6) is 1.59.